The van der Waals surface area contributed by atoms with Gasteiger partial charge in [0.2, 0.25) is 5.91 Å². The van der Waals surface area contributed by atoms with Crippen LogP contribution in [0.5, 0.6) is 0 Å². The number of hydrogen-bond acceptors (Lipinski definition) is 3. The molecule has 0 heterocycles. The molecule has 4 rings (SSSR count). The van der Waals surface area contributed by atoms with Crippen LogP contribution in [0.25, 0.3) is 10.8 Å². The number of carbonyl (C=O) groups excluding carboxylic acids is 2. The van der Waals surface area contributed by atoms with Gasteiger partial charge in [-0.3, -0.25) is 9.59 Å². The molecule has 0 unspecified atom stereocenters. The normalized spacial score (nSPS) is 19.4. The Bertz CT molecular complexity index is 918. The van der Waals surface area contributed by atoms with E-state index in [1.165, 1.54) is 0 Å². The number of anilines is 1. The highest BCUT2D eigenvalue weighted by Gasteiger charge is 2.41. The highest BCUT2D eigenvalue weighted by Crippen LogP contribution is 2.34. The van der Waals surface area contributed by atoms with Crippen LogP contribution in [0.4, 0.5) is 5.69 Å². The van der Waals surface area contributed by atoms with E-state index in [0.29, 0.717) is 12.8 Å². The summed E-state index contributed by atoms with van der Waals surface area (Å²) < 4.78 is 0. The fraction of sp³-hybridized carbons (Fsp3) is 0.391. The molecule has 0 bridgehead atoms. The smallest absolute Gasteiger partial charge is 0.250 e. The van der Waals surface area contributed by atoms with Gasteiger partial charge in [-0.2, -0.15) is 0 Å². The maximum Gasteiger partial charge on any atom is 0.250 e. The summed E-state index contributed by atoms with van der Waals surface area (Å²) in [5.41, 5.74) is 1.96. The minimum Gasteiger partial charge on any atom is -0.374 e. The molecule has 1 fully saturated rings. The minimum atomic E-state index is -0.629. The molecule has 1 amide bonds. The van der Waals surface area contributed by atoms with Crippen LogP contribution in [0.2, 0.25) is 0 Å². The van der Waals surface area contributed by atoms with Crippen LogP contribution in [0.1, 0.15) is 51.9 Å². The van der Waals surface area contributed by atoms with Gasteiger partial charge >= 0.3 is 0 Å². The molecular weight excluding hydrogens is 336 g/mol. The zero-order chi connectivity index (χ0) is 18.9. The third-order valence-electron chi connectivity index (χ3n) is 6.04. The molecule has 140 valence electrons. The molecule has 2 N–H and O–H groups in total. The lowest BCUT2D eigenvalue weighted by Crippen LogP contribution is -2.55. The zero-order valence-electron chi connectivity index (χ0n) is 15.8. The van der Waals surface area contributed by atoms with E-state index in [2.05, 4.69) is 22.8 Å². The van der Waals surface area contributed by atoms with Crippen LogP contribution >= 0.6 is 0 Å². The average Bonchev–Trinajstić information content (AvgIpc) is 3.01. The van der Waals surface area contributed by atoms with Crippen LogP contribution in [0.3, 0.4) is 0 Å². The van der Waals surface area contributed by atoms with E-state index < -0.39 is 5.54 Å². The van der Waals surface area contributed by atoms with Crippen molar-refractivity contribution in [3.63, 3.8) is 0 Å². The number of carbonyl (C=O) groups is 2. The van der Waals surface area contributed by atoms with Gasteiger partial charge in [-0.25, -0.2) is 0 Å². The molecule has 0 aliphatic heterocycles. The fourth-order valence-corrected chi connectivity index (χ4v) is 4.37. The van der Waals surface area contributed by atoms with E-state index in [9.17, 15) is 9.59 Å². The van der Waals surface area contributed by atoms with Crippen molar-refractivity contribution < 1.29 is 9.59 Å². The van der Waals surface area contributed by atoms with Crippen molar-refractivity contribution in [2.45, 2.75) is 57.4 Å². The van der Waals surface area contributed by atoms with Crippen molar-refractivity contribution in [3.8, 4) is 0 Å². The lowest BCUT2D eigenvalue weighted by molar-refractivity contribution is -0.123. The number of Topliss-reactive ketones (excluding diaryl/α,β-unsaturated/α-hetero) is 1. The predicted octanol–water partition coefficient (Wildman–Crippen LogP) is 4.71. The number of benzene rings is 2. The number of allylic oxidation sites excluding steroid dienone is 2. The van der Waals surface area contributed by atoms with Crippen LogP contribution in [0.15, 0.2) is 53.7 Å². The summed E-state index contributed by atoms with van der Waals surface area (Å²) in [6, 6.07) is 14.1. The monoisotopic (exact) mass is 362 g/mol. The van der Waals surface area contributed by atoms with Gasteiger partial charge < -0.3 is 10.6 Å². The minimum absolute atomic E-state index is 0.0122. The molecule has 4 nitrogen and oxygen atoms in total. The van der Waals surface area contributed by atoms with Gasteiger partial charge in [0, 0.05) is 28.8 Å². The molecule has 0 saturated heterocycles. The number of fused-ring (bicyclic) bond motifs is 1. The van der Waals surface area contributed by atoms with Crippen molar-refractivity contribution >= 4 is 28.2 Å². The number of amides is 1. The second-order valence-electron chi connectivity index (χ2n) is 7.78. The zero-order valence-corrected chi connectivity index (χ0v) is 15.8. The van der Waals surface area contributed by atoms with E-state index in [-0.39, 0.29) is 11.7 Å². The third kappa shape index (κ3) is 3.36. The Labute approximate surface area is 160 Å². The summed E-state index contributed by atoms with van der Waals surface area (Å²) in [5.74, 6) is 0.205. The number of ketones is 1. The lowest BCUT2D eigenvalue weighted by Gasteiger charge is -2.38. The largest absolute Gasteiger partial charge is 0.374 e. The van der Waals surface area contributed by atoms with Crippen LogP contribution < -0.4 is 10.6 Å². The summed E-state index contributed by atoms with van der Waals surface area (Å²) in [4.78, 5) is 25.4. The maximum atomic E-state index is 13.4. The van der Waals surface area contributed by atoms with Gasteiger partial charge in [-0.15, -0.1) is 0 Å². The van der Waals surface area contributed by atoms with Crippen molar-refractivity contribution in [2.24, 2.45) is 0 Å². The molecule has 0 radical (unpaired) electrons. The Kier molecular flexibility index (Phi) is 4.73. The second kappa shape index (κ2) is 7.18. The molecule has 2 aromatic rings. The molecule has 0 atom stereocenters. The SMILES string of the molecule is CC1=C(NC2(C(=O)Nc3cccc4ccccc34)CCCCC2)CCC1=O. The molecule has 4 heteroatoms. The molecule has 27 heavy (non-hydrogen) atoms. The standard InChI is InChI=1S/C23H26N2O2/c1-16-19(12-13-21(16)26)25-23(14-5-2-6-15-23)22(27)24-20-11-7-9-17-8-3-4-10-18(17)20/h3-4,7-11,25H,2,5-6,12-15H2,1H3,(H,24,27). The number of hydrogen-bond donors (Lipinski definition) is 2. The van der Waals surface area contributed by atoms with Gasteiger partial charge in [0.15, 0.2) is 5.78 Å². The van der Waals surface area contributed by atoms with Gasteiger partial charge in [0.1, 0.15) is 5.54 Å². The van der Waals surface area contributed by atoms with Gasteiger partial charge in [-0.05, 0) is 37.6 Å². The molecule has 2 aliphatic rings. The summed E-state index contributed by atoms with van der Waals surface area (Å²) >= 11 is 0. The Morgan fingerprint density at radius 1 is 0.963 bits per heavy atom. The highest BCUT2D eigenvalue weighted by molar-refractivity contribution is 6.06. The first-order chi connectivity index (χ1) is 13.1. The maximum absolute atomic E-state index is 13.4. The van der Waals surface area contributed by atoms with E-state index in [1.807, 2.05) is 37.3 Å². The van der Waals surface area contributed by atoms with Crippen LogP contribution in [-0.4, -0.2) is 17.2 Å². The van der Waals surface area contributed by atoms with E-state index in [1.54, 1.807) is 0 Å². The molecular formula is C23H26N2O2. The first-order valence-electron chi connectivity index (χ1n) is 9.89. The summed E-state index contributed by atoms with van der Waals surface area (Å²) in [7, 11) is 0. The van der Waals surface area contributed by atoms with Crippen molar-refractivity contribution in [1.82, 2.24) is 5.32 Å². The quantitative estimate of drug-likeness (QED) is 0.828. The third-order valence-corrected chi connectivity index (χ3v) is 6.04. The first kappa shape index (κ1) is 17.8. The van der Waals surface area contributed by atoms with Crippen molar-refractivity contribution in [3.05, 3.63) is 53.7 Å². The van der Waals surface area contributed by atoms with Gasteiger partial charge in [-0.1, -0.05) is 55.7 Å². The van der Waals surface area contributed by atoms with E-state index in [4.69, 9.17) is 0 Å². The van der Waals surface area contributed by atoms with Crippen molar-refractivity contribution in [2.75, 3.05) is 5.32 Å². The summed E-state index contributed by atoms with van der Waals surface area (Å²) in [6.07, 6.45) is 6.07. The van der Waals surface area contributed by atoms with Gasteiger partial charge in [0.25, 0.3) is 0 Å². The molecule has 2 aromatic carbocycles. The molecule has 0 aromatic heterocycles. The second-order valence-corrected chi connectivity index (χ2v) is 7.78. The van der Waals surface area contributed by atoms with E-state index in [0.717, 1.165) is 59.8 Å². The lowest BCUT2D eigenvalue weighted by atomic mass is 9.80. The summed E-state index contributed by atoms with van der Waals surface area (Å²) in [5, 5.41) is 8.87. The fourth-order valence-electron chi connectivity index (χ4n) is 4.37. The Balaban J connectivity index is 1.64. The highest BCUT2D eigenvalue weighted by atomic mass is 16.2. The summed E-state index contributed by atoms with van der Waals surface area (Å²) in [6.45, 7) is 1.87. The number of nitrogens with one attached hydrogen (secondary N) is 2. The number of rotatable bonds is 4. The average molecular weight is 362 g/mol. The molecule has 1 saturated carbocycles. The Morgan fingerprint density at radius 2 is 1.70 bits per heavy atom. The van der Waals surface area contributed by atoms with Gasteiger partial charge in [0.05, 0.1) is 0 Å². The first-order valence-corrected chi connectivity index (χ1v) is 9.89. The topological polar surface area (TPSA) is 58.2 Å². The van der Waals surface area contributed by atoms with Crippen LogP contribution in [-0.2, 0) is 9.59 Å². The molecule has 2 aliphatic carbocycles. The molecule has 0 spiro atoms. The van der Waals surface area contributed by atoms with Crippen LogP contribution in [0, 0.1) is 0 Å². The Morgan fingerprint density at radius 3 is 2.44 bits per heavy atom. The van der Waals surface area contributed by atoms with E-state index >= 15 is 0 Å². The Hall–Kier alpha value is -2.62. The predicted molar refractivity (Wildman–Crippen MR) is 108 cm³/mol. The van der Waals surface area contributed by atoms with Crippen molar-refractivity contribution in [1.29, 1.82) is 0 Å².